The van der Waals surface area contributed by atoms with E-state index in [9.17, 15) is 8.78 Å². The molecule has 0 amide bonds. The largest absolute Gasteiger partial charge is 0.456 e. The van der Waals surface area contributed by atoms with E-state index in [0.717, 1.165) is 17.7 Å². The number of halogens is 2. The van der Waals surface area contributed by atoms with Crippen molar-refractivity contribution in [2.75, 3.05) is 7.05 Å². The summed E-state index contributed by atoms with van der Waals surface area (Å²) in [5.74, 6) is -0.278. The Morgan fingerprint density at radius 3 is 2.47 bits per heavy atom. The summed E-state index contributed by atoms with van der Waals surface area (Å²) in [5, 5.41) is 3.21. The summed E-state index contributed by atoms with van der Waals surface area (Å²) in [4.78, 5) is 0. The average Bonchev–Trinajstić information content (AvgIpc) is 2.64. The molecule has 1 aromatic carbocycles. The normalized spacial score (nSPS) is 11.6. The van der Waals surface area contributed by atoms with E-state index < -0.39 is 11.6 Å². The Hall–Kier alpha value is -1.42. The molecule has 0 saturated carbocycles. The van der Waals surface area contributed by atoms with Crippen molar-refractivity contribution >= 4 is 11.0 Å². The highest BCUT2D eigenvalue weighted by Gasteiger charge is 2.21. The Labute approximate surface area is 98.6 Å². The van der Waals surface area contributed by atoms with Crippen LogP contribution in [0, 0.1) is 11.6 Å². The van der Waals surface area contributed by atoms with Crippen molar-refractivity contribution in [1.82, 2.24) is 5.32 Å². The molecule has 0 spiro atoms. The molecule has 4 heteroatoms. The molecule has 92 valence electrons. The number of hydrogen-bond acceptors (Lipinski definition) is 2. The van der Waals surface area contributed by atoms with Gasteiger partial charge in [-0.2, -0.15) is 0 Å². The lowest BCUT2D eigenvalue weighted by Gasteiger charge is -2.06. The van der Waals surface area contributed by atoms with Crippen molar-refractivity contribution in [1.29, 1.82) is 0 Å². The summed E-state index contributed by atoms with van der Waals surface area (Å²) in [6, 6.07) is 2.23. The van der Waals surface area contributed by atoms with Gasteiger partial charge in [0.1, 0.15) is 11.6 Å². The van der Waals surface area contributed by atoms with Crippen LogP contribution in [0.1, 0.15) is 31.1 Å². The van der Waals surface area contributed by atoms with Crippen molar-refractivity contribution in [2.45, 2.75) is 26.3 Å². The first-order chi connectivity index (χ1) is 8.06. The van der Waals surface area contributed by atoms with E-state index in [0.29, 0.717) is 12.3 Å². The standard InChI is InChI=1S/C13H15F2NO/c1-7(2)11-10(6-16-3)17-13-9(15)5-4-8(14)12(11)13/h4-5,7,16H,6H2,1-3H3. The second-order valence-electron chi connectivity index (χ2n) is 4.36. The molecule has 0 atom stereocenters. The predicted molar refractivity (Wildman–Crippen MR) is 63.0 cm³/mol. The Bertz CT molecular complexity index is 546. The number of rotatable bonds is 3. The van der Waals surface area contributed by atoms with Gasteiger partial charge < -0.3 is 9.73 Å². The molecular formula is C13H15F2NO. The number of hydrogen-bond donors (Lipinski definition) is 1. The van der Waals surface area contributed by atoms with Gasteiger partial charge in [-0.3, -0.25) is 0 Å². The molecule has 17 heavy (non-hydrogen) atoms. The monoisotopic (exact) mass is 239 g/mol. The first-order valence-corrected chi connectivity index (χ1v) is 5.60. The van der Waals surface area contributed by atoms with Crippen molar-refractivity contribution in [2.24, 2.45) is 0 Å². The van der Waals surface area contributed by atoms with Gasteiger partial charge in [-0.25, -0.2) is 8.78 Å². The molecule has 0 bridgehead atoms. The maximum Gasteiger partial charge on any atom is 0.173 e. The molecule has 0 radical (unpaired) electrons. The van der Waals surface area contributed by atoms with Crippen LogP contribution in [0.25, 0.3) is 11.0 Å². The number of fused-ring (bicyclic) bond motifs is 1. The molecule has 2 aromatic rings. The van der Waals surface area contributed by atoms with Crippen molar-refractivity contribution in [3.05, 3.63) is 35.1 Å². The zero-order valence-electron chi connectivity index (χ0n) is 10.1. The quantitative estimate of drug-likeness (QED) is 0.886. The van der Waals surface area contributed by atoms with Gasteiger partial charge in [0.15, 0.2) is 11.4 Å². The smallest absolute Gasteiger partial charge is 0.173 e. The molecule has 0 saturated heterocycles. The predicted octanol–water partition coefficient (Wildman–Crippen LogP) is 3.55. The zero-order valence-corrected chi connectivity index (χ0v) is 10.1. The topological polar surface area (TPSA) is 25.2 Å². The molecule has 0 aliphatic rings. The van der Waals surface area contributed by atoms with Crippen LogP contribution in [0.4, 0.5) is 8.78 Å². The van der Waals surface area contributed by atoms with Crippen molar-refractivity contribution in [3.63, 3.8) is 0 Å². The minimum absolute atomic E-state index is 0.0129. The molecule has 0 aliphatic carbocycles. The van der Waals surface area contributed by atoms with Gasteiger partial charge in [0.05, 0.1) is 11.9 Å². The van der Waals surface area contributed by atoms with Crippen LogP contribution < -0.4 is 5.32 Å². The first kappa shape index (κ1) is 12.0. The van der Waals surface area contributed by atoms with E-state index in [-0.39, 0.29) is 16.9 Å². The van der Waals surface area contributed by atoms with Gasteiger partial charge >= 0.3 is 0 Å². The molecule has 2 nitrogen and oxygen atoms in total. The lowest BCUT2D eigenvalue weighted by atomic mass is 9.99. The van der Waals surface area contributed by atoms with Crippen molar-refractivity contribution in [3.8, 4) is 0 Å². The lowest BCUT2D eigenvalue weighted by Crippen LogP contribution is -2.06. The second-order valence-corrected chi connectivity index (χ2v) is 4.36. The van der Waals surface area contributed by atoms with Crippen LogP contribution in [0.2, 0.25) is 0 Å². The maximum atomic E-state index is 13.8. The summed E-state index contributed by atoms with van der Waals surface area (Å²) in [7, 11) is 1.77. The highest BCUT2D eigenvalue weighted by molar-refractivity contribution is 5.84. The van der Waals surface area contributed by atoms with Gasteiger partial charge in [0, 0.05) is 5.56 Å². The summed E-state index contributed by atoms with van der Waals surface area (Å²) in [5.41, 5.74) is 0.755. The highest BCUT2D eigenvalue weighted by Crippen LogP contribution is 2.34. The van der Waals surface area contributed by atoms with Gasteiger partial charge in [-0.1, -0.05) is 13.8 Å². The fraction of sp³-hybridized carbons (Fsp3) is 0.385. The molecular weight excluding hydrogens is 224 g/mol. The first-order valence-electron chi connectivity index (χ1n) is 5.60. The summed E-state index contributed by atoms with van der Waals surface area (Å²) >= 11 is 0. The van der Waals surface area contributed by atoms with Crippen LogP contribution in [-0.4, -0.2) is 7.05 Å². The minimum atomic E-state index is -0.523. The average molecular weight is 239 g/mol. The molecule has 1 aromatic heterocycles. The molecule has 0 unspecified atom stereocenters. The Morgan fingerprint density at radius 1 is 1.24 bits per heavy atom. The van der Waals surface area contributed by atoms with E-state index in [4.69, 9.17) is 4.42 Å². The van der Waals surface area contributed by atoms with Crippen LogP contribution >= 0.6 is 0 Å². The fourth-order valence-electron chi connectivity index (χ4n) is 2.10. The molecule has 2 rings (SSSR count). The van der Waals surface area contributed by atoms with E-state index in [1.54, 1.807) is 7.05 Å². The fourth-order valence-corrected chi connectivity index (χ4v) is 2.10. The summed E-state index contributed by atoms with van der Waals surface area (Å²) in [6.07, 6.45) is 0. The maximum absolute atomic E-state index is 13.8. The second kappa shape index (κ2) is 4.45. The van der Waals surface area contributed by atoms with Gasteiger partial charge in [0.25, 0.3) is 0 Å². The number of benzene rings is 1. The van der Waals surface area contributed by atoms with E-state index in [1.807, 2.05) is 13.8 Å². The van der Waals surface area contributed by atoms with E-state index in [1.165, 1.54) is 0 Å². The third-order valence-corrected chi connectivity index (χ3v) is 2.77. The number of furan rings is 1. The molecule has 0 fully saturated rings. The molecule has 1 heterocycles. The minimum Gasteiger partial charge on any atom is -0.456 e. The Balaban J connectivity index is 2.80. The third kappa shape index (κ3) is 1.93. The van der Waals surface area contributed by atoms with Crippen LogP contribution in [0.3, 0.4) is 0 Å². The Morgan fingerprint density at radius 2 is 1.88 bits per heavy atom. The van der Waals surface area contributed by atoms with Gasteiger partial charge in [-0.15, -0.1) is 0 Å². The van der Waals surface area contributed by atoms with Gasteiger partial charge in [0.2, 0.25) is 0 Å². The number of nitrogens with one attached hydrogen (secondary N) is 1. The van der Waals surface area contributed by atoms with Crippen LogP contribution in [0.15, 0.2) is 16.5 Å². The SMILES string of the molecule is CNCc1oc2c(F)ccc(F)c2c1C(C)C. The summed E-state index contributed by atoms with van der Waals surface area (Å²) < 4.78 is 32.8. The summed E-state index contributed by atoms with van der Waals surface area (Å²) in [6.45, 7) is 4.34. The van der Waals surface area contributed by atoms with Crippen molar-refractivity contribution < 1.29 is 13.2 Å². The van der Waals surface area contributed by atoms with Gasteiger partial charge in [-0.05, 0) is 25.1 Å². The molecule has 1 N–H and O–H groups in total. The Kier molecular flexibility index (Phi) is 3.15. The highest BCUT2D eigenvalue weighted by atomic mass is 19.1. The molecule has 0 aliphatic heterocycles. The van der Waals surface area contributed by atoms with E-state index >= 15 is 0 Å². The van der Waals surface area contributed by atoms with E-state index in [2.05, 4.69) is 5.32 Å². The zero-order chi connectivity index (χ0) is 12.6. The third-order valence-electron chi connectivity index (χ3n) is 2.77. The lowest BCUT2D eigenvalue weighted by molar-refractivity contribution is 0.498. The van der Waals surface area contributed by atoms with Crippen LogP contribution in [0.5, 0.6) is 0 Å². The van der Waals surface area contributed by atoms with Crippen LogP contribution in [-0.2, 0) is 6.54 Å².